The van der Waals surface area contributed by atoms with Gasteiger partial charge in [-0.15, -0.1) is 0 Å². The number of carbonyl (C=O) groups is 3. The highest BCUT2D eigenvalue weighted by molar-refractivity contribution is 5.89. The van der Waals surface area contributed by atoms with Gasteiger partial charge >= 0.3 is 18.2 Å². The minimum absolute atomic E-state index is 0.285. The molecule has 2 aliphatic rings. The Labute approximate surface area is 195 Å². The van der Waals surface area contributed by atoms with Crippen LogP contribution in [-0.4, -0.2) is 54.5 Å². The molecule has 1 atom stereocenters. The fourth-order valence-electron chi connectivity index (χ4n) is 4.66. The summed E-state index contributed by atoms with van der Waals surface area (Å²) >= 11 is 0. The third-order valence-corrected chi connectivity index (χ3v) is 6.10. The molecule has 33 heavy (non-hydrogen) atoms. The second kappa shape index (κ2) is 8.88. The van der Waals surface area contributed by atoms with Gasteiger partial charge in [-0.05, 0) is 84.1 Å². The molecule has 1 N–H and O–H groups in total. The number of carbonyl (C=O) groups excluding carboxylic acids is 3. The Morgan fingerprint density at radius 1 is 1.00 bits per heavy atom. The van der Waals surface area contributed by atoms with Crippen molar-refractivity contribution in [1.82, 2.24) is 10.2 Å². The third-order valence-electron chi connectivity index (χ3n) is 6.10. The van der Waals surface area contributed by atoms with Crippen molar-refractivity contribution in [2.75, 3.05) is 20.2 Å². The number of nitrogens with zero attached hydrogens (tertiary/aromatic N) is 1. The topological polar surface area (TPSA) is 94.2 Å². The van der Waals surface area contributed by atoms with Crippen molar-refractivity contribution < 1.29 is 28.6 Å². The molecule has 1 fully saturated rings. The number of benzene rings is 1. The van der Waals surface area contributed by atoms with E-state index in [1.165, 1.54) is 7.11 Å². The molecule has 1 aliphatic heterocycles. The second-order valence-corrected chi connectivity index (χ2v) is 11.0. The first-order valence-electron chi connectivity index (χ1n) is 11.4. The zero-order valence-corrected chi connectivity index (χ0v) is 20.7. The number of ether oxygens (including phenoxy) is 3. The number of fused-ring (bicyclic) bond motifs is 1. The van der Waals surface area contributed by atoms with Gasteiger partial charge in [0, 0.05) is 18.5 Å². The summed E-state index contributed by atoms with van der Waals surface area (Å²) in [5, 5.41) is 3.07. The highest BCUT2D eigenvalue weighted by Gasteiger charge is 2.49. The largest absolute Gasteiger partial charge is 0.465 e. The molecule has 2 amide bonds. The van der Waals surface area contributed by atoms with Gasteiger partial charge in [-0.3, -0.25) is 0 Å². The van der Waals surface area contributed by atoms with Gasteiger partial charge in [-0.2, -0.15) is 0 Å². The quantitative estimate of drug-likeness (QED) is 0.512. The first-order valence-corrected chi connectivity index (χ1v) is 11.4. The molecule has 1 aromatic rings. The first-order chi connectivity index (χ1) is 15.2. The normalized spacial score (nSPS) is 19.6. The highest BCUT2D eigenvalue weighted by Crippen LogP contribution is 2.52. The predicted octanol–water partition coefficient (Wildman–Crippen LogP) is 4.61. The van der Waals surface area contributed by atoms with Crippen LogP contribution < -0.4 is 5.32 Å². The van der Waals surface area contributed by atoms with Crippen molar-refractivity contribution in [3.05, 3.63) is 34.9 Å². The predicted molar refractivity (Wildman–Crippen MR) is 123 cm³/mol. The summed E-state index contributed by atoms with van der Waals surface area (Å²) in [6.07, 6.45) is 1.30. The number of alkyl carbamates (subject to hydrolysis) is 1. The second-order valence-electron chi connectivity index (χ2n) is 11.0. The van der Waals surface area contributed by atoms with Gasteiger partial charge in [0.25, 0.3) is 0 Å². The number of hydrogen-bond acceptors (Lipinski definition) is 6. The van der Waals surface area contributed by atoms with E-state index in [2.05, 4.69) is 5.32 Å². The lowest BCUT2D eigenvalue weighted by Crippen LogP contribution is -2.49. The number of methoxy groups -OCH3 is 1. The van der Waals surface area contributed by atoms with E-state index in [1.807, 2.05) is 47.6 Å². The molecule has 1 spiro atoms. The Morgan fingerprint density at radius 3 is 2.15 bits per heavy atom. The monoisotopic (exact) mass is 460 g/mol. The average molecular weight is 461 g/mol. The van der Waals surface area contributed by atoms with Gasteiger partial charge in [0.15, 0.2) is 0 Å². The summed E-state index contributed by atoms with van der Waals surface area (Å²) in [6.45, 7) is 12.1. The summed E-state index contributed by atoms with van der Waals surface area (Å²) in [5.41, 5.74) is 0.944. The van der Waals surface area contributed by atoms with Gasteiger partial charge in [0.05, 0.1) is 18.7 Å². The van der Waals surface area contributed by atoms with Gasteiger partial charge in [-0.1, -0.05) is 6.07 Å². The number of amides is 2. The van der Waals surface area contributed by atoms with E-state index >= 15 is 0 Å². The van der Waals surface area contributed by atoms with Crippen LogP contribution in [0.25, 0.3) is 0 Å². The molecule has 0 unspecified atom stereocenters. The van der Waals surface area contributed by atoms with Crippen LogP contribution in [-0.2, 0) is 20.6 Å². The summed E-state index contributed by atoms with van der Waals surface area (Å²) in [7, 11) is 1.35. The number of likely N-dealkylation sites (tertiary alicyclic amines) is 1. The van der Waals surface area contributed by atoms with Crippen molar-refractivity contribution in [2.45, 2.75) is 78.0 Å². The Balaban J connectivity index is 1.86. The molecule has 8 heteroatoms. The molecular weight excluding hydrogens is 424 g/mol. The lowest BCUT2D eigenvalue weighted by atomic mass is 9.73. The van der Waals surface area contributed by atoms with Crippen LogP contribution in [0.15, 0.2) is 18.2 Å². The Morgan fingerprint density at radius 2 is 1.61 bits per heavy atom. The lowest BCUT2D eigenvalue weighted by Gasteiger charge is -2.43. The van der Waals surface area contributed by atoms with Gasteiger partial charge in [-0.25, -0.2) is 14.4 Å². The van der Waals surface area contributed by atoms with Crippen LogP contribution in [0.5, 0.6) is 0 Å². The maximum atomic E-state index is 12.7. The van der Waals surface area contributed by atoms with Crippen LogP contribution in [0, 0.1) is 5.41 Å². The van der Waals surface area contributed by atoms with E-state index in [0.29, 0.717) is 31.5 Å². The number of nitrogens with one attached hydrogen (secondary N) is 1. The molecule has 0 saturated carbocycles. The smallest absolute Gasteiger partial charge is 0.410 e. The fraction of sp³-hybridized carbons (Fsp3) is 0.640. The molecule has 0 bridgehead atoms. The Kier molecular flexibility index (Phi) is 6.69. The highest BCUT2D eigenvalue weighted by atomic mass is 16.6. The van der Waals surface area contributed by atoms with E-state index in [0.717, 1.165) is 17.5 Å². The van der Waals surface area contributed by atoms with Crippen molar-refractivity contribution in [3.8, 4) is 0 Å². The number of hydrogen-bond donors (Lipinski definition) is 1. The summed E-state index contributed by atoms with van der Waals surface area (Å²) < 4.78 is 16.0. The minimum Gasteiger partial charge on any atom is -0.465 e. The molecule has 1 aliphatic carbocycles. The van der Waals surface area contributed by atoms with Crippen molar-refractivity contribution in [3.63, 3.8) is 0 Å². The SMILES string of the molecule is COC(=O)c1ccc2c(c1)[C@@H](NC(=O)OC(C)(C)C)C1(CCN(C(=O)OC(C)(C)C)CC1)C2. The Bertz CT molecular complexity index is 920. The van der Waals surface area contributed by atoms with Crippen LogP contribution in [0.4, 0.5) is 9.59 Å². The number of esters is 1. The zero-order chi connectivity index (χ0) is 24.6. The average Bonchev–Trinajstić information content (AvgIpc) is 2.97. The molecule has 8 nitrogen and oxygen atoms in total. The Hall–Kier alpha value is -2.77. The summed E-state index contributed by atoms with van der Waals surface area (Å²) in [4.78, 5) is 39.2. The van der Waals surface area contributed by atoms with E-state index in [9.17, 15) is 14.4 Å². The van der Waals surface area contributed by atoms with Crippen LogP contribution >= 0.6 is 0 Å². The molecule has 0 radical (unpaired) electrons. The minimum atomic E-state index is -0.632. The van der Waals surface area contributed by atoms with Gasteiger partial charge < -0.3 is 24.4 Å². The molecule has 1 aromatic carbocycles. The van der Waals surface area contributed by atoms with E-state index in [1.54, 1.807) is 17.0 Å². The summed E-state index contributed by atoms with van der Waals surface area (Å²) in [5.74, 6) is -0.422. The number of rotatable bonds is 2. The van der Waals surface area contributed by atoms with E-state index in [-0.39, 0.29) is 17.6 Å². The van der Waals surface area contributed by atoms with Crippen LogP contribution in [0.1, 0.15) is 81.9 Å². The third kappa shape index (κ3) is 5.78. The maximum Gasteiger partial charge on any atom is 0.410 e. The molecule has 0 aromatic heterocycles. The van der Waals surface area contributed by atoms with Crippen molar-refractivity contribution in [2.24, 2.45) is 5.41 Å². The molecule has 1 saturated heterocycles. The molecule has 1 heterocycles. The summed E-state index contributed by atoms with van der Waals surface area (Å²) in [6, 6.07) is 5.15. The first kappa shape index (κ1) is 24.9. The van der Waals surface area contributed by atoms with Crippen LogP contribution in [0.2, 0.25) is 0 Å². The lowest BCUT2D eigenvalue weighted by molar-refractivity contribution is 0.00331. The van der Waals surface area contributed by atoms with Crippen molar-refractivity contribution >= 4 is 18.2 Å². The van der Waals surface area contributed by atoms with Gasteiger partial charge in [0.1, 0.15) is 11.2 Å². The standard InChI is InChI=1S/C25H36N2O6/c1-23(2,3)32-21(29)26-19-18-14-16(20(28)31-7)8-9-17(18)15-25(19)10-12-27(13-11-25)22(30)33-24(4,5)6/h8-9,14,19H,10-13,15H2,1-7H3,(H,26,29)/t19-/m1/s1. The molecular formula is C25H36N2O6. The molecule has 182 valence electrons. The van der Waals surface area contributed by atoms with E-state index in [4.69, 9.17) is 14.2 Å². The van der Waals surface area contributed by atoms with Crippen LogP contribution in [0.3, 0.4) is 0 Å². The zero-order valence-electron chi connectivity index (χ0n) is 20.7. The van der Waals surface area contributed by atoms with E-state index < -0.39 is 23.3 Å². The molecule has 3 rings (SSSR count). The number of piperidine rings is 1. The van der Waals surface area contributed by atoms with Crippen molar-refractivity contribution in [1.29, 1.82) is 0 Å². The van der Waals surface area contributed by atoms with Gasteiger partial charge in [0.2, 0.25) is 0 Å². The maximum absolute atomic E-state index is 12.7. The fourth-order valence-corrected chi connectivity index (χ4v) is 4.66.